The lowest BCUT2D eigenvalue weighted by molar-refractivity contribution is -0.137. The highest BCUT2D eigenvalue weighted by Gasteiger charge is 2.30. The predicted octanol–water partition coefficient (Wildman–Crippen LogP) is 5.67. The molecule has 0 aliphatic rings. The van der Waals surface area contributed by atoms with Gasteiger partial charge in [0.15, 0.2) is 0 Å². The van der Waals surface area contributed by atoms with E-state index in [1.54, 1.807) is 31.2 Å². The van der Waals surface area contributed by atoms with Gasteiger partial charge in [-0.15, -0.1) is 11.3 Å². The molecule has 28 heavy (non-hydrogen) atoms. The number of carbonyl (C=O) groups is 1. The summed E-state index contributed by atoms with van der Waals surface area (Å²) in [5.41, 5.74) is 0.860. The molecule has 0 radical (unpaired) electrons. The third kappa shape index (κ3) is 3.38. The van der Waals surface area contributed by atoms with E-state index in [1.807, 2.05) is 18.2 Å². The Morgan fingerprint density at radius 3 is 2.54 bits per heavy atom. The van der Waals surface area contributed by atoms with E-state index in [1.165, 1.54) is 22.1 Å². The number of fused-ring (bicyclic) bond motifs is 1. The number of para-hydroxylation sites is 1. The molecule has 0 aliphatic heterocycles. The Morgan fingerprint density at radius 2 is 1.82 bits per heavy atom. The standard InChI is InChI=1S/C20H14F3N3OS/c1-12-16-11-17(18(27)24-14-7-3-2-4-8-14)28-19(16)26(25-12)15-9-5-6-13(10-15)20(21,22)23/h2-11H,1H3,(H,24,27). The molecule has 0 saturated carbocycles. The molecule has 4 rings (SSSR count). The van der Waals surface area contributed by atoms with Gasteiger partial charge in [0.1, 0.15) is 4.83 Å². The minimum absolute atomic E-state index is 0.276. The Hall–Kier alpha value is -3.13. The van der Waals surface area contributed by atoms with E-state index >= 15 is 0 Å². The SMILES string of the molecule is Cc1nn(-c2cccc(C(F)(F)F)c2)c2sc(C(=O)Nc3ccccc3)cc12. The van der Waals surface area contributed by atoms with Crippen molar-refractivity contribution in [3.8, 4) is 5.69 Å². The minimum atomic E-state index is -4.44. The van der Waals surface area contributed by atoms with Crippen molar-refractivity contribution in [3.63, 3.8) is 0 Å². The molecular formula is C20H14F3N3OS. The van der Waals surface area contributed by atoms with Crippen LogP contribution in [0.2, 0.25) is 0 Å². The highest BCUT2D eigenvalue weighted by Crippen LogP contribution is 2.34. The van der Waals surface area contributed by atoms with Crippen LogP contribution in [0.4, 0.5) is 18.9 Å². The summed E-state index contributed by atoms with van der Waals surface area (Å²) in [6.45, 7) is 1.76. The molecule has 4 nitrogen and oxygen atoms in total. The number of alkyl halides is 3. The maximum atomic E-state index is 13.0. The first kappa shape index (κ1) is 18.2. The second kappa shape index (κ2) is 6.79. The molecule has 2 aromatic carbocycles. The molecule has 0 fully saturated rings. The number of amides is 1. The number of thiophene rings is 1. The van der Waals surface area contributed by atoms with Gasteiger partial charge in [-0.3, -0.25) is 4.79 Å². The number of rotatable bonds is 3. The van der Waals surface area contributed by atoms with Crippen LogP contribution < -0.4 is 5.32 Å². The van der Waals surface area contributed by atoms with Crippen molar-refractivity contribution in [2.24, 2.45) is 0 Å². The lowest BCUT2D eigenvalue weighted by atomic mass is 10.2. The van der Waals surface area contributed by atoms with Crippen LogP contribution in [0.15, 0.2) is 60.7 Å². The first-order valence-corrected chi connectivity index (χ1v) is 9.18. The maximum Gasteiger partial charge on any atom is 0.416 e. The summed E-state index contributed by atoms with van der Waals surface area (Å²) < 4.78 is 40.6. The van der Waals surface area contributed by atoms with Gasteiger partial charge in [0.2, 0.25) is 0 Å². The molecule has 0 atom stereocenters. The largest absolute Gasteiger partial charge is 0.416 e. The second-order valence-electron chi connectivity index (χ2n) is 6.19. The Morgan fingerprint density at radius 1 is 1.07 bits per heavy atom. The van der Waals surface area contributed by atoms with Crippen LogP contribution >= 0.6 is 11.3 Å². The Balaban J connectivity index is 1.73. The molecule has 0 aliphatic carbocycles. The normalized spacial score (nSPS) is 11.7. The average Bonchev–Trinajstić information content (AvgIpc) is 3.23. The fourth-order valence-corrected chi connectivity index (χ4v) is 3.94. The fraction of sp³-hybridized carbons (Fsp3) is 0.100. The maximum absolute atomic E-state index is 13.0. The number of carbonyl (C=O) groups excluding carboxylic acids is 1. The van der Waals surface area contributed by atoms with E-state index in [-0.39, 0.29) is 5.91 Å². The number of nitrogens with zero attached hydrogens (tertiary/aromatic N) is 2. The Labute approximate surface area is 162 Å². The van der Waals surface area contributed by atoms with E-state index < -0.39 is 11.7 Å². The van der Waals surface area contributed by atoms with E-state index in [0.29, 0.717) is 26.8 Å². The highest BCUT2D eigenvalue weighted by molar-refractivity contribution is 7.20. The summed E-state index contributed by atoms with van der Waals surface area (Å²) in [4.78, 5) is 13.6. The van der Waals surface area contributed by atoms with E-state index in [0.717, 1.165) is 17.5 Å². The summed E-state index contributed by atoms with van der Waals surface area (Å²) in [5.74, 6) is -0.276. The molecule has 2 aromatic heterocycles. The summed E-state index contributed by atoms with van der Waals surface area (Å²) in [6.07, 6.45) is -4.44. The van der Waals surface area contributed by atoms with Gasteiger partial charge >= 0.3 is 6.18 Å². The molecular weight excluding hydrogens is 387 g/mol. The quantitative estimate of drug-likeness (QED) is 0.481. The second-order valence-corrected chi connectivity index (χ2v) is 7.23. The summed E-state index contributed by atoms with van der Waals surface area (Å²) in [6, 6.07) is 15.7. The molecule has 1 N–H and O–H groups in total. The zero-order valence-electron chi connectivity index (χ0n) is 14.6. The summed E-state index contributed by atoms with van der Waals surface area (Å²) in [5, 5.41) is 7.90. The molecule has 0 spiro atoms. The Kier molecular flexibility index (Phi) is 4.43. The summed E-state index contributed by atoms with van der Waals surface area (Å²) in [7, 11) is 0. The van der Waals surface area contributed by atoms with Gasteiger partial charge in [0, 0.05) is 11.1 Å². The minimum Gasteiger partial charge on any atom is -0.321 e. The van der Waals surface area contributed by atoms with Crippen molar-refractivity contribution in [3.05, 3.63) is 76.8 Å². The average molecular weight is 401 g/mol. The number of aryl methyl sites for hydroxylation is 1. The molecule has 2 heterocycles. The third-order valence-corrected chi connectivity index (χ3v) is 5.33. The van der Waals surface area contributed by atoms with Crippen LogP contribution in [0.3, 0.4) is 0 Å². The van der Waals surface area contributed by atoms with Crippen LogP contribution in [-0.2, 0) is 6.18 Å². The molecule has 0 saturated heterocycles. The van der Waals surface area contributed by atoms with E-state index in [2.05, 4.69) is 10.4 Å². The van der Waals surface area contributed by atoms with Gasteiger partial charge in [-0.25, -0.2) is 4.68 Å². The number of benzene rings is 2. The lowest BCUT2D eigenvalue weighted by Crippen LogP contribution is -2.09. The van der Waals surface area contributed by atoms with Crippen LogP contribution in [0.1, 0.15) is 20.9 Å². The summed E-state index contributed by atoms with van der Waals surface area (Å²) >= 11 is 1.19. The van der Waals surface area contributed by atoms with Crippen molar-refractivity contribution in [2.75, 3.05) is 5.32 Å². The van der Waals surface area contributed by atoms with Crippen LogP contribution in [0, 0.1) is 6.92 Å². The zero-order chi connectivity index (χ0) is 19.9. The lowest BCUT2D eigenvalue weighted by Gasteiger charge is -2.09. The zero-order valence-corrected chi connectivity index (χ0v) is 15.4. The molecule has 1 amide bonds. The number of anilines is 1. The highest BCUT2D eigenvalue weighted by atomic mass is 32.1. The van der Waals surface area contributed by atoms with E-state index in [9.17, 15) is 18.0 Å². The van der Waals surface area contributed by atoms with Crippen molar-refractivity contribution in [2.45, 2.75) is 13.1 Å². The first-order chi connectivity index (χ1) is 13.3. The van der Waals surface area contributed by atoms with Gasteiger partial charge in [-0.05, 0) is 43.3 Å². The van der Waals surface area contributed by atoms with Crippen LogP contribution in [0.5, 0.6) is 0 Å². The molecule has 142 valence electrons. The van der Waals surface area contributed by atoms with Crippen LogP contribution in [0.25, 0.3) is 15.9 Å². The van der Waals surface area contributed by atoms with Crippen molar-refractivity contribution >= 4 is 33.1 Å². The van der Waals surface area contributed by atoms with Crippen LogP contribution in [-0.4, -0.2) is 15.7 Å². The number of hydrogen-bond donors (Lipinski definition) is 1. The monoisotopic (exact) mass is 401 g/mol. The fourth-order valence-electron chi connectivity index (χ4n) is 2.86. The number of aromatic nitrogens is 2. The van der Waals surface area contributed by atoms with Gasteiger partial charge in [0.25, 0.3) is 5.91 Å². The van der Waals surface area contributed by atoms with Gasteiger partial charge in [-0.2, -0.15) is 18.3 Å². The number of hydrogen-bond acceptors (Lipinski definition) is 3. The molecule has 4 aromatic rings. The van der Waals surface area contributed by atoms with Crippen molar-refractivity contribution < 1.29 is 18.0 Å². The van der Waals surface area contributed by atoms with E-state index in [4.69, 9.17) is 0 Å². The first-order valence-electron chi connectivity index (χ1n) is 8.36. The molecule has 0 unspecified atom stereocenters. The number of nitrogens with one attached hydrogen (secondary N) is 1. The third-order valence-electron chi connectivity index (χ3n) is 4.22. The van der Waals surface area contributed by atoms with Gasteiger partial charge < -0.3 is 5.32 Å². The number of halogens is 3. The van der Waals surface area contributed by atoms with Crippen molar-refractivity contribution in [1.29, 1.82) is 0 Å². The topological polar surface area (TPSA) is 46.9 Å². The molecule has 0 bridgehead atoms. The van der Waals surface area contributed by atoms with Crippen molar-refractivity contribution in [1.82, 2.24) is 9.78 Å². The Bertz CT molecular complexity index is 1160. The predicted molar refractivity (Wildman–Crippen MR) is 103 cm³/mol. The van der Waals surface area contributed by atoms with Gasteiger partial charge in [-0.1, -0.05) is 24.3 Å². The molecule has 8 heteroatoms. The van der Waals surface area contributed by atoms with Gasteiger partial charge in [0.05, 0.1) is 21.8 Å². The smallest absolute Gasteiger partial charge is 0.321 e.